The Labute approximate surface area is 134 Å². The number of hydrogen-bond donors (Lipinski definition) is 4. The second kappa shape index (κ2) is 5.98. The Morgan fingerprint density at radius 1 is 1.43 bits per heavy atom. The van der Waals surface area contributed by atoms with E-state index in [1.165, 1.54) is 17.2 Å². The molecule has 0 saturated carbocycles. The molecule has 2 unspecified atom stereocenters. The predicted octanol–water partition coefficient (Wildman–Crippen LogP) is -0.769. The summed E-state index contributed by atoms with van der Waals surface area (Å²) < 4.78 is 25.6. The highest BCUT2D eigenvalue weighted by molar-refractivity contribution is 8.06. The Kier molecular flexibility index (Phi) is 4.31. The van der Waals surface area contributed by atoms with Crippen molar-refractivity contribution in [3.8, 4) is 0 Å². The van der Waals surface area contributed by atoms with Gasteiger partial charge in [0.25, 0.3) is 0 Å². The molecule has 0 aliphatic carbocycles. The molecule has 0 spiro atoms. The number of hydrogen-bond acceptors (Lipinski definition) is 8. The summed E-state index contributed by atoms with van der Waals surface area (Å²) in [6, 6.07) is 0. The fourth-order valence-electron chi connectivity index (χ4n) is 2.29. The summed E-state index contributed by atoms with van der Waals surface area (Å²) in [4.78, 5) is 29.8. The van der Waals surface area contributed by atoms with E-state index in [4.69, 9.17) is 20.3 Å². The Hall–Kier alpha value is -1.27. The van der Waals surface area contributed by atoms with Gasteiger partial charge in [0.15, 0.2) is 23.9 Å². The largest absolute Gasteiger partial charge is 0.387 e. The number of nitrogens with two attached hydrogens (primary N) is 1. The fourth-order valence-corrected chi connectivity index (χ4v) is 2.82. The Bertz CT molecular complexity index is 771. The number of aliphatic hydroxyl groups is 1. The topological polar surface area (TPSA) is 149 Å². The van der Waals surface area contributed by atoms with Crippen molar-refractivity contribution < 1.29 is 28.5 Å². The van der Waals surface area contributed by atoms with Crippen molar-refractivity contribution in [1.82, 2.24) is 19.5 Å². The highest BCUT2D eigenvalue weighted by atomic mass is 32.5. The molecule has 10 nitrogen and oxygen atoms in total. The van der Waals surface area contributed by atoms with Gasteiger partial charge in [0.2, 0.25) is 0 Å². The molecule has 0 radical (unpaired) electrons. The third-order valence-electron chi connectivity index (χ3n) is 3.36. The second-order valence-electron chi connectivity index (χ2n) is 4.87. The summed E-state index contributed by atoms with van der Waals surface area (Å²) in [5.74, 6) is 0.129. The van der Waals surface area contributed by atoms with Gasteiger partial charge in [0.1, 0.15) is 24.1 Å². The molecule has 0 amide bonds. The maximum absolute atomic E-state index is 14.3. The van der Waals surface area contributed by atoms with Crippen LogP contribution in [0.1, 0.15) is 6.23 Å². The van der Waals surface area contributed by atoms with Crippen molar-refractivity contribution in [3.05, 3.63) is 12.7 Å². The number of anilines is 1. The average molecular weight is 365 g/mol. The summed E-state index contributed by atoms with van der Waals surface area (Å²) in [5.41, 5.74) is 6.18. The lowest BCUT2D eigenvalue weighted by Gasteiger charge is -2.16. The van der Waals surface area contributed by atoms with E-state index in [1.54, 1.807) is 0 Å². The van der Waals surface area contributed by atoms with Crippen LogP contribution in [0.25, 0.3) is 11.2 Å². The zero-order valence-corrected chi connectivity index (χ0v) is 13.1. The number of fused-ring (bicyclic) bond motifs is 1. The van der Waals surface area contributed by atoms with Gasteiger partial charge < -0.3 is 29.9 Å². The lowest BCUT2D eigenvalue weighted by molar-refractivity contribution is -0.0429. The van der Waals surface area contributed by atoms with Gasteiger partial charge in [-0.15, -0.1) is 0 Å². The zero-order chi connectivity index (χ0) is 16.8. The Balaban J connectivity index is 1.85. The summed E-state index contributed by atoms with van der Waals surface area (Å²) in [6.07, 6.45) is -3.25. The van der Waals surface area contributed by atoms with Crippen molar-refractivity contribution in [3.63, 3.8) is 0 Å². The summed E-state index contributed by atoms with van der Waals surface area (Å²) in [5, 5.41) is 9.89. The van der Waals surface area contributed by atoms with Crippen LogP contribution in [0.5, 0.6) is 0 Å². The molecule has 3 heterocycles. The number of imidazole rings is 1. The van der Waals surface area contributed by atoms with E-state index >= 15 is 0 Å². The second-order valence-corrected chi connectivity index (χ2v) is 7.54. The van der Waals surface area contributed by atoms with E-state index in [2.05, 4.69) is 31.3 Å². The molecule has 0 bridgehead atoms. The highest BCUT2D eigenvalue weighted by Crippen LogP contribution is 2.39. The van der Waals surface area contributed by atoms with Crippen LogP contribution < -0.4 is 5.73 Å². The van der Waals surface area contributed by atoms with Crippen molar-refractivity contribution >= 4 is 35.5 Å². The quantitative estimate of drug-likeness (QED) is 0.509. The van der Waals surface area contributed by atoms with Crippen LogP contribution >= 0.6 is 6.72 Å². The van der Waals surface area contributed by atoms with Crippen molar-refractivity contribution in [2.75, 3.05) is 12.3 Å². The number of nitrogens with zero attached hydrogens (tertiary/aromatic N) is 4. The molecule has 4 atom stereocenters. The Morgan fingerprint density at radius 3 is 2.87 bits per heavy atom. The molecule has 126 valence electrons. The number of nitrogen functional groups attached to an aromatic ring is 1. The van der Waals surface area contributed by atoms with Crippen molar-refractivity contribution in [1.29, 1.82) is 0 Å². The van der Waals surface area contributed by atoms with Crippen LogP contribution in [0.2, 0.25) is 0 Å². The molecule has 2 aromatic heterocycles. The molecule has 1 fully saturated rings. The van der Waals surface area contributed by atoms with Gasteiger partial charge in [0, 0.05) is 0 Å². The number of aromatic nitrogens is 4. The van der Waals surface area contributed by atoms with Gasteiger partial charge in [0.05, 0.1) is 12.9 Å². The van der Waals surface area contributed by atoms with Crippen LogP contribution in [-0.2, 0) is 21.1 Å². The van der Waals surface area contributed by atoms with E-state index in [-0.39, 0.29) is 17.0 Å². The summed E-state index contributed by atoms with van der Waals surface area (Å²) in [7, 11) is 0. The highest BCUT2D eigenvalue weighted by Gasteiger charge is 2.46. The number of ether oxygens (including phenoxy) is 1. The molecule has 2 aromatic rings. The maximum Gasteiger partial charge on any atom is 0.321 e. The first-order chi connectivity index (χ1) is 10.8. The van der Waals surface area contributed by atoms with Gasteiger partial charge in [-0.25, -0.2) is 19.3 Å². The monoisotopic (exact) mass is 365 g/mol. The average Bonchev–Trinajstić information content (AvgIpc) is 3.01. The zero-order valence-electron chi connectivity index (χ0n) is 11.4. The van der Waals surface area contributed by atoms with Gasteiger partial charge in [-0.05, 0) is 11.8 Å². The molecule has 1 saturated heterocycles. The van der Waals surface area contributed by atoms with Gasteiger partial charge in [-0.3, -0.25) is 4.57 Å². The van der Waals surface area contributed by atoms with Gasteiger partial charge >= 0.3 is 6.72 Å². The molecule has 1 aliphatic heterocycles. The number of rotatable bonds is 4. The third-order valence-corrected chi connectivity index (χ3v) is 4.16. The predicted molar refractivity (Wildman–Crippen MR) is 79.2 cm³/mol. The van der Waals surface area contributed by atoms with Crippen LogP contribution in [0.3, 0.4) is 0 Å². The van der Waals surface area contributed by atoms with Crippen molar-refractivity contribution in [2.45, 2.75) is 24.6 Å². The summed E-state index contributed by atoms with van der Waals surface area (Å²) in [6.45, 7) is -4.39. The molecule has 0 aromatic carbocycles. The van der Waals surface area contributed by atoms with E-state index in [0.717, 1.165) is 0 Å². The smallest absolute Gasteiger partial charge is 0.321 e. The molecular weight excluding hydrogens is 352 g/mol. The molecule has 3 rings (SSSR count). The summed E-state index contributed by atoms with van der Waals surface area (Å²) >= 11 is 4.30. The first-order valence-electron chi connectivity index (χ1n) is 6.38. The fraction of sp³-hybridized carbons (Fsp3) is 0.500. The lowest BCUT2D eigenvalue weighted by Crippen LogP contribution is -2.31. The molecule has 5 N–H and O–H groups in total. The standard InChI is InChI=1S/C10H13FN5O5PS/c11-5-7(17)4(1-20-22(18,19)23)21-10(5)16-3-15-6-8(12)13-2-14-9(6)16/h2-5,7,10,17H,1H2,(H2,12,13,14)(H2,18,19,23)/t4-,5?,7?,10-/m1/s1. The van der Waals surface area contributed by atoms with E-state index in [1.807, 2.05) is 0 Å². The van der Waals surface area contributed by atoms with E-state index in [9.17, 15) is 9.50 Å². The van der Waals surface area contributed by atoms with Crippen LogP contribution in [0.4, 0.5) is 10.2 Å². The lowest BCUT2D eigenvalue weighted by atomic mass is 10.1. The molecule has 13 heteroatoms. The maximum atomic E-state index is 14.3. The molecule has 1 aliphatic rings. The number of aliphatic hydroxyl groups excluding tert-OH is 1. The third kappa shape index (κ3) is 3.19. The van der Waals surface area contributed by atoms with Gasteiger partial charge in [-0.2, -0.15) is 0 Å². The number of halogens is 1. The number of alkyl halides is 1. The minimum Gasteiger partial charge on any atom is -0.387 e. The normalized spacial score (nSPS) is 28.5. The first-order valence-corrected chi connectivity index (χ1v) is 9.01. The van der Waals surface area contributed by atoms with Crippen LogP contribution in [0, 0.1) is 0 Å². The SMILES string of the molecule is Nc1ncnc2c1ncn2[C@@H]1O[C@H](COP(O)(O)=S)C(O)C1F. The van der Waals surface area contributed by atoms with E-state index < -0.39 is 37.9 Å². The minimum absolute atomic E-state index is 0.129. The van der Waals surface area contributed by atoms with Crippen LogP contribution in [0.15, 0.2) is 12.7 Å². The Morgan fingerprint density at radius 2 is 2.17 bits per heavy atom. The molecule has 23 heavy (non-hydrogen) atoms. The van der Waals surface area contributed by atoms with Crippen LogP contribution in [-0.4, -0.2) is 59.4 Å². The van der Waals surface area contributed by atoms with Gasteiger partial charge in [-0.1, -0.05) is 0 Å². The first kappa shape index (κ1) is 16.6. The van der Waals surface area contributed by atoms with E-state index in [0.29, 0.717) is 0 Å². The minimum atomic E-state index is -3.93. The molecular formula is C10H13FN5O5PS. The van der Waals surface area contributed by atoms with Crippen molar-refractivity contribution in [2.24, 2.45) is 0 Å².